The average Bonchev–Trinajstić information content (AvgIpc) is 3.32. The number of guanidine groups is 1. The number of benzene rings is 3. The highest BCUT2D eigenvalue weighted by atomic mass is 32.2. The molecule has 0 saturated carbocycles. The van der Waals surface area contributed by atoms with Crippen LogP contribution in [0, 0.1) is 35.5 Å². The Morgan fingerprint density at radius 2 is 1.74 bits per heavy atom. The summed E-state index contributed by atoms with van der Waals surface area (Å²) in [5.41, 5.74) is 15.3. The molecule has 9 N–H and O–H groups in total. The molecule has 1 fully saturated rings. The molecule has 1 aliphatic carbocycles. The van der Waals surface area contributed by atoms with E-state index >= 15 is 0 Å². The van der Waals surface area contributed by atoms with E-state index in [-0.39, 0.29) is 80.6 Å². The standard InChI is InChI=1S/C45H55N3O9S/c1-2-29-23-41(58(53,54)55)40-22-34-19-33(21-38-18-27(25-50)4-3-5-32-20-36(52)12-15-39(32)43(34)56-38)42(40)31-6-10-35(11-7-31)45(48-44(46)47,24-28(26-51)16-17-49)57-37-13-8-30(29)9-14-37/h6-15,20,22,27-29,33,38,40-43,49-52H,2,4,16-19,21,23-26H2,1H3,(H4,46,47,48)(H,53,54,55)/t27-,28-,29-,33+,38+,40+,41-,42+,43-,45-/m1/s1. The van der Waals surface area contributed by atoms with Gasteiger partial charge in [-0.3, -0.25) is 4.55 Å². The lowest BCUT2D eigenvalue weighted by Crippen LogP contribution is -2.40. The van der Waals surface area contributed by atoms with Crippen molar-refractivity contribution in [3.8, 4) is 23.3 Å². The van der Waals surface area contributed by atoms with Crippen LogP contribution in [0.5, 0.6) is 11.5 Å². The third kappa shape index (κ3) is 8.78. The summed E-state index contributed by atoms with van der Waals surface area (Å²) >= 11 is 0. The van der Waals surface area contributed by atoms with Crippen molar-refractivity contribution in [3.05, 3.63) is 106 Å². The summed E-state index contributed by atoms with van der Waals surface area (Å²) in [6.07, 6.45) is 4.41. The fourth-order valence-corrected chi connectivity index (χ4v) is 11.1. The maximum absolute atomic E-state index is 13.9. The molecule has 0 unspecified atom stereocenters. The number of hydrogen-bond acceptors (Lipinski definition) is 9. The molecule has 310 valence electrons. The molecule has 0 spiro atoms. The Balaban J connectivity index is 1.45. The van der Waals surface area contributed by atoms with Crippen molar-refractivity contribution in [3.63, 3.8) is 0 Å². The zero-order valence-electron chi connectivity index (χ0n) is 32.8. The second kappa shape index (κ2) is 17.4. The molecule has 10 rings (SSSR count). The van der Waals surface area contributed by atoms with Crippen LogP contribution in [0.25, 0.3) is 0 Å². The van der Waals surface area contributed by atoms with Crippen LogP contribution in [-0.4, -0.2) is 70.5 Å². The van der Waals surface area contributed by atoms with Crippen molar-refractivity contribution in [2.45, 2.75) is 93.3 Å². The number of aliphatic hydroxyl groups excluding tert-OH is 3. The van der Waals surface area contributed by atoms with Gasteiger partial charge in [0.15, 0.2) is 5.96 Å². The molecular weight excluding hydrogens is 759 g/mol. The van der Waals surface area contributed by atoms with Crippen LogP contribution < -0.4 is 16.2 Å². The zero-order valence-corrected chi connectivity index (χ0v) is 33.6. The first-order valence-corrected chi connectivity index (χ1v) is 21.8. The number of aliphatic hydroxyl groups is 3. The first kappa shape index (κ1) is 41.7. The Morgan fingerprint density at radius 3 is 2.40 bits per heavy atom. The molecule has 12 nitrogen and oxygen atoms in total. The Hall–Kier alpha value is -4.42. The second-order valence-corrected chi connectivity index (χ2v) is 18.2. The summed E-state index contributed by atoms with van der Waals surface area (Å²) in [5, 5.41) is 40.0. The van der Waals surface area contributed by atoms with Crippen molar-refractivity contribution >= 4 is 16.1 Å². The van der Waals surface area contributed by atoms with Gasteiger partial charge in [0.1, 0.15) is 17.6 Å². The van der Waals surface area contributed by atoms with Crippen LogP contribution in [0.15, 0.2) is 83.4 Å². The van der Waals surface area contributed by atoms with Crippen LogP contribution >= 0.6 is 0 Å². The zero-order chi connectivity index (χ0) is 41.2. The lowest BCUT2D eigenvalue weighted by atomic mass is 9.65. The summed E-state index contributed by atoms with van der Waals surface area (Å²) in [6, 6.07) is 20.0. The number of phenols is 1. The Kier molecular flexibility index (Phi) is 12.5. The SMILES string of the molecule is CC[C@@H]1C[C@@H](S(=O)(=O)O)[C@@H]2C=C3C[C@@H](C[C@@H]4C[C@H](CO)CC#Cc5cc(O)ccc5[C@@H]3O4)[C@@H]2c2ccc(cc2)[C@](C[C@H](CO)CCO)(N=C(N)N)Oc2ccc1cc2. The van der Waals surface area contributed by atoms with Gasteiger partial charge in [0.05, 0.1) is 11.4 Å². The summed E-state index contributed by atoms with van der Waals surface area (Å²) in [5.74, 6) is 4.69. The Bertz CT molecular complexity index is 2160. The van der Waals surface area contributed by atoms with E-state index < -0.39 is 39.0 Å². The van der Waals surface area contributed by atoms with Crippen LogP contribution in [0.3, 0.4) is 0 Å². The predicted octanol–water partition coefficient (Wildman–Crippen LogP) is 5.36. The number of aromatic hydroxyl groups is 1. The number of aliphatic imine (C=N–C) groups is 1. The maximum Gasteiger partial charge on any atom is 0.268 e. The molecule has 6 aliphatic heterocycles. The van der Waals surface area contributed by atoms with Crippen LogP contribution in [0.1, 0.15) is 104 Å². The quantitative estimate of drug-likeness (QED) is 0.0480. The van der Waals surface area contributed by atoms with Crippen molar-refractivity contribution in [2.75, 3.05) is 19.8 Å². The minimum Gasteiger partial charge on any atom is -0.508 e. The molecule has 0 aromatic heterocycles. The molecule has 10 atom stereocenters. The third-order valence-corrected chi connectivity index (χ3v) is 14.0. The van der Waals surface area contributed by atoms with Crippen molar-refractivity contribution in [1.82, 2.24) is 0 Å². The molecule has 1 saturated heterocycles. The van der Waals surface area contributed by atoms with E-state index in [1.54, 1.807) is 24.3 Å². The number of hydrogen-bond donors (Lipinski definition) is 7. The van der Waals surface area contributed by atoms with E-state index in [2.05, 4.69) is 16.8 Å². The highest BCUT2D eigenvalue weighted by molar-refractivity contribution is 7.86. The molecule has 8 bridgehead atoms. The molecule has 7 aliphatic rings. The van der Waals surface area contributed by atoms with Gasteiger partial charge < -0.3 is 41.4 Å². The maximum atomic E-state index is 13.9. The summed E-state index contributed by atoms with van der Waals surface area (Å²) in [6.45, 7) is 1.53. The predicted molar refractivity (Wildman–Crippen MR) is 220 cm³/mol. The Morgan fingerprint density at radius 1 is 1.00 bits per heavy atom. The van der Waals surface area contributed by atoms with Gasteiger partial charge in [-0.2, -0.15) is 8.42 Å². The van der Waals surface area contributed by atoms with Gasteiger partial charge in [0, 0.05) is 55.3 Å². The summed E-state index contributed by atoms with van der Waals surface area (Å²) in [7, 11) is -4.63. The topological polar surface area (TPSA) is 218 Å². The van der Waals surface area contributed by atoms with E-state index in [0.717, 1.165) is 22.3 Å². The van der Waals surface area contributed by atoms with Crippen LogP contribution in [0.4, 0.5) is 0 Å². The minimum absolute atomic E-state index is 0.0643. The van der Waals surface area contributed by atoms with E-state index in [4.69, 9.17) is 20.9 Å². The highest BCUT2D eigenvalue weighted by Crippen LogP contribution is 2.54. The van der Waals surface area contributed by atoms with E-state index in [1.165, 1.54) is 0 Å². The number of rotatable bonds is 9. The second-order valence-electron chi connectivity index (χ2n) is 16.5. The highest BCUT2D eigenvalue weighted by Gasteiger charge is 2.48. The smallest absolute Gasteiger partial charge is 0.268 e. The number of ether oxygens (including phenoxy) is 2. The van der Waals surface area contributed by atoms with Crippen molar-refractivity contribution < 1.29 is 42.9 Å². The molecule has 3 aromatic carbocycles. The van der Waals surface area contributed by atoms with Crippen LogP contribution in [0.2, 0.25) is 0 Å². The fraction of sp³-hybridized carbons (Fsp3) is 0.489. The monoisotopic (exact) mass is 813 g/mol. The average molecular weight is 814 g/mol. The molecule has 3 aromatic rings. The lowest BCUT2D eigenvalue weighted by Gasteiger charge is -2.41. The molecule has 6 heterocycles. The first-order chi connectivity index (χ1) is 27.8. The van der Waals surface area contributed by atoms with E-state index in [1.807, 2.05) is 55.5 Å². The number of nitrogens with zero attached hydrogens (tertiary/aromatic N) is 1. The molecule has 13 heteroatoms. The van der Waals surface area contributed by atoms with Gasteiger partial charge >= 0.3 is 0 Å². The van der Waals surface area contributed by atoms with Crippen molar-refractivity contribution in [2.24, 2.45) is 40.1 Å². The molecular formula is C45H55N3O9S. The Labute approximate surface area is 340 Å². The number of phenolic OH excluding ortho intramolecular Hbond substituents is 1. The number of fused-ring (bicyclic) bond motifs is 7. The van der Waals surface area contributed by atoms with E-state index in [9.17, 15) is 33.4 Å². The van der Waals surface area contributed by atoms with Crippen LogP contribution in [-0.2, 0) is 20.6 Å². The fourth-order valence-electron chi connectivity index (χ4n) is 9.94. The molecule has 0 amide bonds. The summed E-state index contributed by atoms with van der Waals surface area (Å²) in [4.78, 5) is 4.67. The molecule has 0 radical (unpaired) electrons. The minimum atomic E-state index is -4.63. The largest absolute Gasteiger partial charge is 0.508 e. The third-order valence-electron chi connectivity index (χ3n) is 12.7. The first-order valence-electron chi connectivity index (χ1n) is 20.3. The van der Waals surface area contributed by atoms with Crippen molar-refractivity contribution in [1.29, 1.82) is 0 Å². The van der Waals surface area contributed by atoms with Gasteiger partial charge in [-0.15, -0.1) is 0 Å². The van der Waals surface area contributed by atoms with Gasteiger partial charge in [-0.25, -0.2) is 4.99 Å². The lowest BCUT2D eigenvalue weighted by molar-refractivity contribution is -0.0131. The summed E-state index contributed by atoms with van der Waals surface area (Å²) < 4.78 is 52.7. The van der Waals surface area contributed by atoms with Gasteiger partial charge in [0.2, 0.25) is 5.72 Å². The number of nitrogens with two attached hydrogens (primary N) is 2. The van der Waals surface area contributed by atoms with Gasteiger partial charge in [0.25, 0.3) is 10.1 Å². The van der Waals surface area contributed by atoms with E-state index in [0.29, 0.717) is 49.0 Å². The number of allylic oxidation sites excluding steroid dienone is 1. The van der Waals surface area contributed by atoms with Gasteiger partial charge in [-0.1, -0.05) is 67.3 Å². The van der Waals surface area contributed by atoms with Gasteiger partial charge in [-0.05, 0) is 109 Å². The normalized spacial score (nSPS) is 29.7. The molecule has 58 heavy (non-hydrogen) atoms.